The Morgan fingerprint density at radius 3 is 2.10 bits per heavy atom. The first-order valence-electron chi connectivity index (χ1n) is 9.57. The van der Waals surface area contributed by atoms with Gasteiger partial charge in [0.25, 0.3) is 5.91 Å². The molecule has 1 saturated heterocycles. The van der Waals surface area contributed by atoms with Crippen LogP contribution in [0.2, 0.25) is 0 Å². The number of hydrogen-bond acceptors (Lipinski definition) is 5. The highest BCUT2D eigenvalue weighted by Crippen LogP contribution is 2.31. The van der Waals surface area contributed by atoms with E-state index in [1.54, 1.807) is 13.8 Å². The number of esters is 1. The van der Waals surface area contributed by atoms with E-state index in [0.717, 1.165) is 11.1 Å². The molecule has 0 aliphatic carbocycles. The number of carbonyl (C=O) groups excluding carboxylic acids is 2. The molecule has 6 heteroatoms. The third kappa shape index (κ3) is 4.28. The van der Waals surface area contributed by atoms with E-state index in [9.17, 15) is 9.59 Å². The van der Waals surface area contributed by atoms with E-state index in [1.807, 2.05) is 60.7 Å². The minimum atomic E-state index is -0.875. The number of benzene rings is 2. The summed E-state index contributed by atoms with van der Waals surface area (Å²) in [4.78, 5) is 26.9. The van der Waals surface area contributed by atoms with E-state index in [1.165, 1.54) is 4.90 Å². The van der Waals surface area contributed by atoms with Crippen LogP contribution in [0.25, 0.3) is 0 Å². The van der Waals surface area contributed by atoms with Gasteiger partial charge in [-0.15, -0.1) is 6.42 Å². The molecule has 2 aromatic carbocycles. The largest absolute Gasteiger partial charge is 0.448 e. The summed E-state index contributed by atoms with van der Waals surface area (Å²) in [7, 11) is 0. The van der Waals surface area contributed by atoms with Gasteiger partial charge in [0, 0.05) is 0 Å². The first kappa shape index (κ1) is 21.3. The quantitative estimate of drug-likeness (QED) is 0.332. The zero-order valence-electron chi connectivity index (χ0n) is 16.9. The van der Waals surface area contributed by atoms with Gasteiger partial charge in [-0.3, -0.25) is 9.69 Å². The molecule has 0 spiro atoms. The van der Waals surface area contributed by atoms with Crippen molar-refractivity contribution in [3.05, 3.63) is 83.1 Å². The van der Waals surface area contributed by atoms with Gasteiger partial charge in [0.05, 0.1) is 0 Å². The number of amides is 1. The molecular formula is C24H24N2O4. The molecule has 1 aliphatic rings. The van der Waals surface area contributed by atoms with Crippen LogP contribution in [0.4, 0.5) is 0 Å². The van der Waals surface area contributed by atoms with Crippen molar-refractivity contribution in [3.8, 4) is 12.3 Å². The lowest BCUT2D eigenvalue weighted by Gasteiger charge is -2.45. The molecule has 0 unspecified atom stereocenters. The zero-order valence-corrected chi connectivity index (χ0v) is 16.9. The van der Waals surface area contributed by atoms with Crippen molar-refractivity contribution in [1.82, 2.24) is 4.90 Å². The fourth-order valence-electron chi connectivity index (χ4n) is 3.33. The van der Waals surface area contributed by atoms with Gasteiger partial charge in [-0.25, -0.2) is 4.79 Å². The number of allylic oxidation sites excluding steroid dienone is 1. The minimum Gasteiger partial charge on any atom is -0.448 e. The molecule has 30 heavy (non-hydrogen) atoms. The number of hydrogen-bond donors (Lipinski definition) is 1. The van der Waals surface area contributed by atoms with E-state index in [0.29, 0.717) is 5.57 Å². The van der Waals surface area contributed by atoms with Crippen molar-refractivity contribution in [1.29, 1.82) is 0 Å². The molecule has 1 aliphatic heterocycles. The maximum absolute atomic E-state index is 13.2. The summed E-state index contributed by atoms with van der Waals surface area (Å²) in [6.45, 7) is 3.43. The summed E-state index contributed by atoms with van der Waals surface area (Å²) < 4.78 is 11.4. The van der Waals surface area contributed by atoms with Crippen LogP contribution in [0.15, 0.2) is 71.9 Å². The highest BCUT2D eigenvalue weighted by Gasteiger charge is 2.50. The van der Waals surface area contributed by atoms with Crippen molar-refractivity contribution >= 4 is 11.9 Å². The number of carbonyl (C=O) groups is 2. The lowest BCUT2D eigenvalue weighted by molar-refractivity contribution is -0.176. The number of likely N-dealkylation sites (tertiary alicyclic amines) is 1. The third-order valence-electron chi connectivity index (χ3n) is 4.76. The van der Waals surface area contributed by atoms with Gasteiger partial charge in [0.1, 0.15) is 18.3 Å². The van der Waals surface area contributed by atoms with Gasteiger partial charge in [0.15, 0.2) is 12.3 Å². The average molecular weight is 404 g/mol. The normalized spacial score (nSPS) is 17.8. The monoisotopic (exact) mass is 404 g/mol. The standard InChI is InChI=1S/C24H24N2O4/c1-4-15-29-23-19(25)22(27)26(23)20(16(2)3)24(28)30-21(17-11-7-5-8-12-17)18-13-9-6-10-14-18/h1,5-14,19,21,23H,15,25H2,2-3H3/t19-,23-/m1/s1. The Balaban J connectivity index is 1.91. The van der Waals surface area contributed by atoms with E-state index >= 15 is 0 Å². The molecule has 2 N–H and O–H groups in total. The van der Waals surface area contributed by atoms with Crippen LogP contribution in [0.1, 0.15) is 31.1 Å². The second-order valence-corrected chi connectivity index (χ2v) is 7.10. The molecule has 3 rings (SSSR count). The molecule has 2 aromatic rings. The molecule has 0 radical (unpaired) electrons. The number of nitrogens with zero attached hydrogens (tertiary/aromatic N) is 1. The van der Waals surface area contributed by atoms with Crippen LogP contribution in [-0.4, -0.2) is 35.7 Å². The van der Waals surface area contributed by atoms with E-state index in [-0.39, 0.29) is 12.3 Å². The van der Waals surface area contributed by atoms with Gasteiger partial charge in [0.2, 0.25) is 0 Å². The zero-order chi connectivity index (χ0) is 21.7. The summed E-state index contributed by atoms with van der Waals surface area (Å²) >= 11 is 0. The van der Waals surface area contributed by atoms with Gasteiger partial charge < -0.3 is 15.2 Å². The minimum absolute atomic E-state index is 0.0239. The van der Waals surface area contributed by atoms with Gasteiger partial charge in [-0.2, -0.15) is 0 Å². The topological polar surface area (TPSA) is 81.9 Å². The molecule has 1 heterocycles. The molecule has 0 saturated carbocycles. The Bertz CT molecular complexity index is 936. The van der Waals surface area contributed by atoms with Crippen molar-refractivity contribution in [2.24, 2.45) is 5.73 Å². The highest BCUT2D eigenvalue weighted by molar-refractivity contribution is 6.00. The van der Waals surface area contributed by atoms with E-state index < -0.39 is 30.3 Å². The van der Waals surface area contributed by atoms with Crippen LogP contribution >= 0.6 is 0 Å². The molecule has 2 atom stereocenters. The highest BCUT2D eigenvalue weighted by atomic mass is 16.5. The van der Waals surface area contributed by atoms with Crippen LogP contribution in [0.3, 0.4) is 0 Å². The second kappa shape index (κ2) is 9.40. The van der Waals surface area contributed by atoms with Crippen molar-refractivity contribution in [2.75, 3.05) is 6.61 Å². The number of rotatable bonds is 7. The van der Waals surface area contributed by atoms with Crippen molar-refractivity contribution in [3.63, 3.8) is 0 Å². The Labute approximate surface area is 176 Å². The first-order valence-corrected chi connectivity index (χ1v) is 9.57. The molecule has 154 valence electrons. The average Bonchev–Trinajstić information content (AvgIpc) is 2.77. The first-order chi connectivity index (χ1) is 14.5. The summed E-state index contributed by atoms with van der Waals surface area (Å²) in [6, 6.07) is 18.0. The Kier molecular flexibility index (Phi) is 6.68. The molecular weight excluding hydrogens is 380 g/mol. The Hall–Kier alpha value is -3.40. The smallest absolute Gasteiger partial charge is 0.356 e. The van der Waals surface area contributed by atoms with E-state index in [4.69, 9.17) is 21.6 Å². The SMILES string of the molecule is C#CCO[C@@H]1[C@H](N)C(=O)N1C(C(=O)OC(c1ccccc1)c1ccccc1)=C(C)C. The number of ether oxygens (including phenoxy) is 2. The second-order valence-electron chi connectivity index (χ2n) is 7.10. The maximum Gasteiger partial charge on any atom is 0.356 e. The van der Waals surface area contributed by atoms with Gasteiger partial charge in [-0.05, 0) is 30.5 Å². The number of nitrogens with two attached hydrogens (primary N) is 1. The Morgan fingerprint density at radius 2 is 1.63 bits per heavy atom. The summed E-state index contributed by atoms with van der Waals surface area (Å²) in [5, 5.41) is 0. The van der Waals surface area contributed by atoms with Crippen LogP contribution in [-0.2, 0) is 19.1 Å². The summed E-state index contributed by atoms with van der Waals surface area (Å²) in [5.41, 5.74) is 8.21. The summed E-state index contributed by atoms with van der Waals surface area (Å²) in [6.07, 6.45) is 3.81. The fraction of sp³-hybridized carbons (Fsp3) is 0.250. The molecule has 0 bridgehead atoms. The van der Waals surface area contributed by atoms with Gasteiger partial charge in [-0.1, -0.05) is 66.6 Å². The van der Waals surface area contributed by atoms with E-state index in [2.05, 4.69) is 5.92 Å². The lowest BCUT2D eigenvalue weighted by atomic mass is 10.0. The molecule has 6 nitrogen and oxygen atoms in total. The molecule has 0 aromatic heterocycles. The lowest BCUT2D eigenvalue weighted by Crippen LogP contribution is -2.69. The molecule has 1 amide bonds. The van der Waals surface area contributed by atoms with Crippen LogP contribution in [0, 0.1) is 12.3 Å². The number of terminal acetylenes is 1. The third-order valence-corrected chi connectivity index (χ3v) is 4.76. The maximum atomic E-state index is 13.2. The van der Waals surface area contributed by atoms with Crippen molar-refractivity contribution < 1.29 is 19.1 Å². The predicted molar refractivity (Wildman–Crippen MR) is 113 cm³/mol. The Morgan fingerprint density at radius 1 is 1.10 bits per heavy atom. The van der Waals surface area contributed by atoms with Crippen molar-refractivity contribution in [2.45, 2.75) is 32.2 Å². The van der Waals surface area contributed by atoms with Crippen LogP contribution in [0.5, 0.6) is 0 Å². The number of β-lactam (4-membered cyclic amide) rings is 1. The summed E-state index contributed by atoms with van der Waals surface area (Å²) in [5.74, 6) is 1.29. The molecule has 1 fully saturated rings. The van der Waals surface area contributed by atoms with Gasteiger partial charge >= 0.3 is 5.97 Å². The van der Waals surface area contributed by atoms with Crippen LogP contribution < -0.4 is 5.73 Å². The fourth-order valence-corrected chi connectivity index (χ4v) is 3.33. The predicted octanol–water partition coefficient (Wildman–Crippen LogP) is 2.76.